The number of aryl methyl sites for hydroxylation is 2. The van der Waals surface area contributed by atoms with Crippen molar-refractivity contribution < 1.29 is 14.0 Å². The highest BCUT2D eigenvalue weighted by molar-refractivity contribution is 5.63. The predicted molar refractivity (Wildman–Crippen MR) is 87.7 cm³/mol. The maximum absolute atomic E-state index is 5.40. The third-order valence-electron chi connectivity index (χ3n) is 3.82. The van der Waals surface area contributed by atoms with Crippen LogP contribution in [0, 0.1) is 13.8 Å². The molecule has 0 N–H and O–H groups in total. The van der Waals surface area contributed by atoms with Gasteiger partial charge < -0.3 is 14.0 Å². The van der Waals surface area contributed by atoms with Crippen LogP contribution in [0.25, 0.3) is 22.8 Å². The topological polar surface area (TPSA) is 57.4 Å². The standard InChI is InChI=1S/C18H18N2O3/c1-11-5-6-14(9-12(11)2)18-19-17(20-23-18)13-7-8-15(21-3)16(10-13)22-4/h5-10H,1-4H3. The molecule has 0 unspecified atom stereocenters. The van der Waals surface area contributed by atoms with Gasteiger partial charge in [-0.3, -0.25) is 0 Å². The molecule has 0 saturated heterocycles. The first-order valence-corrected chi connectivity index (χ1v) is 7.26. The summed E-state index contributed by atoms with van der Waals surface area (Å²) in [7, 11) is 3.20. The number of hydrogen-bond donors (Lipinski definition) is 0. The van der Waals surface area contributed by atoms with Crippen LogP contribution < -0.4 is 9.47 Å². The maximum Gasteiger partial charge on any atom is 0.258 e. The van der Waals surface area contributed by atoms with Gasteiger partial charge in [0.25, 0.3) is 5.89 Å². The Labute approximate surface area is 134 Å². The van der Waals surface area contributed by atoms with Gasteiger partial charge in [0.1, 0.15) is 0 Å². The molecule has 0 aliphatic carbocycles. The number of methoxy groups -OCH3 is 2. The van der Waals surface area contributed by atoms with Crippen LogP contribution in [0.4, 0.5) is 0 Å². The third-order valence-corrected chi connectivity index (χ3v) is 3.82. The van der Waals surface area contributed by atoms with Gasteiger partial charge in [-0.1, -0.05) is 11.2 Å². The van der Waals surface area contributed by atoms with Crippen LogP contribution in [0.2, 0.25) is 0 Å². The molecule has 0 atom stereocenters. The van der Waals surface area contributed by atoms with E-state index in [2.05, 4.69) is 24.0 Å². The fourth-order valence-electron chi connectivity index (χ4n) is 2.31. The van der Waals surface area contributed by atoms with Crippen molar-refractivity contribution in [1.82, 2.24) is 10.1 Å². The van der Waals surface area contributed by atoms with Gasteiger partial charge in [0.05, 0.1) is 14.2 Å². The molecule has 3 rings (SSSR count). The van der Waals surface area contributed by atoms with Crippen LogP contribution >= 0.6 is 0 Å². The molecule has 0 amide bonds. The summed E-state index contributed by atoms with van der Waals surface area (Å²) in [5.74, 6) is 2.30. The number of aromatic nitrogens is 2. The number of rotatable bonds is 4. The first-order valence-electron chi connectivity index (χ1n) is 7.26. The SMILES string of the molecule is COc1ccc(-c2noc(-c3ccc(C)c(C)c3)n2)cc1OC. The first kappa shape index (κ1) is 15.1. The van der Waals surface area contributed by atoms with Crippen molar-refractivity contribution in [2.75, 3.05) is 14.2 Å². The van der Waals surface area contributed by atoms with Crippen LogP contribution in [0.1, 0.15) is 11.1 Å². The molecule has 5 nitrogen and oxygen atoms in total. The lowest BCUT2D eigenvalue weighted by Gasteiger charge is -2.07. The Bertz CT molecular complexity index is 840. The van der Waals surface area contributed by atoms with Crippen molar-refractivity contribution >= 4 is 0 Å². The largest absolute Gasteiger partial charge is 0.493 e. The van der Waals surface area contributed by atoms with E-state index in [4.69, 9.17) is 14.0 Å². The van der Waals surface area contributed by atoms with E-state index in [0.29, 0.717) is 23.2 Å². The molecule has 0 aliphatic heterocycles. The summed E-state index contributed by atoms with van der Waals surface area (Å²) in [5.41, 5.74) is 4.13. The molecule has 0 bridgehead atoms. The molecule has 2 aromatic carbocycles. The highest BCUT2D eigenvalue weighted by Crippen LogP contribution is 2.32. The summed E-state index contributed by atoms with van der Waals surface area (Å²) in [4.78, 5) is 4.48. The van der Waals surface area contributed by atoms with Gasteiger partial charge in [0.15, 0.2) is 11.5 Å². The zero-order valence-corrected chi connectivity index (χ0v) is 13.6. The van der Waals surface area contributed by atoms with Crippen molar-refractivity contribution in [1.29, 1.82) is 0 Å². The van der Waals surface area contributed by atoms with Crippen molar-refractivity contribution in [3.05, 3.63) is 47.5 Å². The summed E-state index contributed by atoms with van der Waals surface area (Å²) >= 11 is 0. The lowest BCUT2D eigenvalue weighted by Crippen LogP contribution is -1.91. The van der Waals surface area contributed by atoms with Crippen molar-refractivity contribution in [2.24, 2.45) is 0 Å². The Morgan fingerprint density at radius 1 is 0.826 bits per heavy atom. The van der Waals surface area contributed by atoms with Crippen LogP contribution in [-0.2, 0) is 0 Å². The van der Waals surface area contributed by atoms with Crippen LogP contribution in [0.15, 0.2) is 40.9 Å². The molecule has 0 radical (unpaired) electrons. The normalized spacial score (nSPS) is 10.6. The minimum absolute atomic E-state index is 0.498. The second-order valence-electron chi connectivity index (χ2n) is 5.29. The minimum Gasteiger partial charge on any atom is -0.493 e. The van der Waals surface area contributed by atoms with E-state index in [1.807, 2.05) is 36.4 Å². The van der Waals surface area contributed by atoms with Crippen LogP contribution in [0.5, 0.6) is 11.5 Å². The number of hydrogen-bond acceptors (Lipinski definition) is 5. The fraction of sp³-hybridized carbons (Fsp3) is 0.222. The van der Waals surface area contributed by atoms with E-state index in [0.717, 1.165) is 11.1 Å². The molecule has 0 aliphatic rings. The fourth-order valence-corrected chi connectivity index (χ4v) is 2.31. The maximum atomic E-state index is 5.40. The number of ether oxygens (including phenoxy) is 2. The molecule has 1 heterocycles. The van der Waals surface area contributed by atoms with Gasteiger partial charge in [0.2, 0.25) is 5.82 Å². The second kappa shape index (κ2) is 6.12. The molecule has 5 heteroatoms. The third kappa shape index (κ3) is 2.90. The van der Waals surface area contributed by atoms with E-state index in [1.54, 1.807) is 14.2 Å². The molecular weight excluding hydrogens is 292 g/mol. The summed E-state index contributed by atoms with van der Waals surface area (Å²) < 4.78 is 15.9. The predicted octanol–water partition coefficient (Wildman–Crippen LogP) is 4.04. The number of benzene rings is 2. The van der Waals surface area contributed by atoms with Gasteiger partial charge in [-0.25, -0.2) is 0 Å². The van der Waals surface area contributed by atoms with Gasteiger partial charge in [-0.2, -0.15) is 4.98 Å². The Balaban J connectivity index is 1.97. The van der Waals surface area contributed by atoms with Crippen molar-refractivity contribution in [3.8, 4) is 34.3 Å². The van der Waals surface area contributed by atoms with Crippen LogP contribution in [0.3, 0.4) is 0 Å². The van der Waals surface area contributed by atoms with Crippen molar-refractivity contribution in [2.45, 2.75) is 13.8 Å². The summed E-state index contributed by atoms with van der Waals surface area (Å²) in [6.45, 7) is 4.13. The first-order chi connectivity index (χ1) is 11.1. The zero-order valence-electron chi connectivity index (χ0n) is 13.6. The second-order valence-corrected chi connectivity index (χ2v) is 5.29. The lowest BCUT2D eigenvalue weighted by molar-refractivity contribution is 0.355. The molecule has 1 aromatic heterocycles. The molecule has 0 spiro atoms. The van der Waals surface area contributed by atoms with E-state index in [-0.39, 0.29) is 0 Å². The van der Waals surface area contributed by atoms with E-state index >= 15 is 0 Å². The minimum atomic E-state index is 0.498. The quantitative estimate of drug-likeness (QED) is 0.728. The van der Waals surface area contributed by atoms with Gasteiger partial charge >= 0.3 is 0 Å². The average molecular weight is 310 g/mol. The Hall–Kier alpha value is -2.82. The molecule has 23 heavy (non-hydrogen) atoms. The molecule has 3 aromatic rings. The van der Waals surface area contributed by atoms with E-state index < -0.39 is 0 Å². The molecule has 118 valence electrons. The van der Waals surface area contributed by atoms with Gasteiger partial charge in [-0.05, 0) is 55.3 Å². The summed E-state index contributed by atoms with van der Waals surface area (Å²) in [5, 5.41) is 4.06. The Kier molecular flexibility index (Phi) is 4.02. The van der Waals surface area contributed by atoms with E-state index in [9.17, 15) is 0 Å². The molecule has 0 fully saturated rings. The zero-order chi connectivity index (χ0) is 16.4. The van der Waals surface area contributed by atoms with E-state index in [1.165, 1.54) is 11.1 Å². The lowest BCUT2D eigenvalue weighted by atomic mass is 10.1. The van der Waals surface area contributed by atoms with Gasteiger partial charge in [-0.15, -0.1) is 0 Å². The average Bonchev–Trinajstić information content (AvgIpc) is 3.06. The highest BCUT2D eigenvalue weighted by atomic mass is 16.5. The monoisotopic (exact) mass is 310 g/mol. The van der Waals surface area contributed by atoms with Crippen LogP contribution in [-0.4, -0.2) is 24.4 Å². The number of nitrogens with zero attached hydrogens (tertiary/aromatic N) is 2. The summed E-state index contributed by atoms with van der Waals surface area (Å²) in [6.07, 6.45) is 0. The Morgan fingerprint density at radius 3 is 2.26 bits per heavy atom. The highest BCUT2D eigenvalue weighted by Gasteiger charge is 2.13. The molecular formula is C18H18N2O3. The molecule has 0 saturated carbocycles. The Morgan fingerprint density at radius 2 is 1.57 bits per heavy atom. The van der Waals surface area contributed by atoms with Crippen molar-refractivity contribution in [3.63, 3.8) is 0 Å². The smallest absolute Gasteiger partial charge is 0.258 e. The summed E-state index contributed by atoms with van der Waals surface area (Å²) in [6, 6.07) is 11.6. The van der Waals surface area contributed by atoms with Gasteiger partial charge in [0, 0.05) is 11.1 Å².